The normalized spacial score (nSPS) is 28.6. The van der Waals surface area contributed by atoms with E-state index >= 15 is 0 Å². The van der Waals surface area contributed by atoms with Crippen LogP contribution >= 0.6 is 0 Å². The third-order valence-electron chi connectivity index (χ3n) is 7.29. The molecule has 4 rings (SSSR count). The molecule has 6 nitrogen and oxygen atoms in total. The van der Waals surface area contributed by atoms with Gasteiger partial charge in [-0.3, -0.25) is 4.79 Å². The van der Waals surface area contributed by atoms with E-state index in [0.29, 0.717) is 30.9 Å². The molecule has 1 aliphatic rings. The standard InChI is InChI=1S/C27H35N3O3/c1-18-11-12-27(2,15-21(25(32)24(31)13-18)19-7-5-4-6-8-19)16-28-26(33)20-9-10-23-22(14-20)29-17-30(23)3/h4-10,14,17-18,21,24-25,31-32H,11-13,15-16H2,1-3H3,(H,28,33)/t18-,21-,24+,25-,27+/m1/s1. The molecule has 176 valence electrons. The number of imidazole rings is 1. The largest absolute Gasteiger partial charge is 0.390 e. The molecule has 5 atom stereocenters. The summed E-state index contributed by atoms with van der Waals surface area (Å²) in [6.45, 7) is 4.81. The Morgan fingerprint density at radius 3 is 2.73 bits per heavy atom. The van der Waals surface area contributed by atoms with Crippen LogP contribution in [0, 0.1) is 11.3 Å². The van der Waals surface area contributed by atoms with Crippen LogP contribution in [0.25, 0.3) is 11.0 Å². The van der Waals surface area contributed by atoms with E-state index in [4.69, 9.17) is 0 Å². The first kappa shape index (κ1) is 23.5. The molecule has 1 aliphatic carbocycles. The van der Waals surface area contributed by atoms with E-state index in [9.17, 15) is 15.0 Å². The maximum absolute atomic E-state index is 13.0. The van der Waals surface area contributed by atoms with Crippen molar-refractivity contribution < 1.29 is 15.0 Å². The van der Waals surface area contributed by atoms with Crippen molar-refractivity contribution >= 4 is 16.9 Å². The highest BCUT2D eigenvalue weighted by Crippen LogP contribution is 2.41. The smallest absolute Gasteiger partial charge is 0.251 e. The van der Waals surface area contributed by atoms with E-state index in [1.165, 1.54) is 0 Å². The Hall–Kier alpha value is -2.70. The molecule has 0 spiro atoms. The van der Waals surface area contributed by atoms with Gasteiger partial charge in [0.2, 0.25) is 0 Å². The molecule has 33 heavy (non-hydrogen) atoms. The minimum Gasteiger partial charge on any atom is -0.390 e. The van der Waals surface area contributed by atoms with Gasteiger partial charge in [0, 0.05) is 25.1 Å². The first-order chi connectivity index (χ1) is 15.8. The second kappa shape index (κ2) is 9.65. The lowest BCUT2D eigenvalue weighted by Gasteiger charge is -2.36. The molecular weight excluding hydrogens is 414 g/mol. The number of hydrogen-bond donors (Lipinski definition) is 3. The molecule has 1 heterocycles. The molecule has 1 amide bonds. The molecule has 1 fully saturated rings. The summed E-state index contributed by atoms with van der Waals surface area (Å²) in [7, 11) is 1.93. The summed E-state index contributed by atoms with van der Waals surface area (Å²) >= 11 is 0. The molecule has 0 radical (unpaired) electrons. The molecule has 3 N–H and O–H groups in total. The van der Waals surface area contributed by atoms with Crippen LogP contribution in [0.2, 0.25) is 0 Å². The van der Waals surface area contributed by atoms with Crippen molar-refractivity contribution in [2.24, 2.45) is 18.4 Å². The zero-order chi connectivity index (χ0) is 23.6. The van der Waals surface area contributed by atoms with Gasteiger partial charge in [-0.05, 0) is 54.4 Å². The lowest BCUT2D eigenvalue weighted by Crippen LogP contribution is -2.39. The number of fused-ring (bicyclic) bond motifs is 1. The number of carbonyl (C=O) groups is 1. The summed E-state index contributed by atoms with van der Waals surface area (Å²) in [6.07, 6.45) is 3.27. The summed E-state index contributed by atoms with van der Waals surface area (Å²) in [6, 6.07) is 15.5. The fraction of sp³-hybridized carbons (Fsp3) is 0.481. The number of aliphatic hydroxyl groups excluding tert-OH is 2. The summed E-state index contributed by atoms with van der Waals surface area (Å²) < 4.78 is 1.93. The Morgan fingerprint density at radius 2 is 1.97 bits per heavy atom. The average Bonchev–Trinajstić information content (AvgIpc) is 3.20. The fourth-order valence-electron chi connectivity index (χ4n) is 5.14. The lowest BCUT2D eigenvalue weighted by atomic mass is 9.73. The maximum atomic E-state index is 13.0. The molecule has 6 heteroatoms. The summed E-state index contributed by atoms with van der Waals surface area (Å²) in [4.78, 5) is 17.4. The fourth-order valence-corrected chi connectivity index (χ4v) is 5.14. The van der Waals surface area contributed by atoms with Gasteiger partial charge < -0.3 is 20.1 Å². The third kappa shape index (κ3) is 5.28. The molecule has 0 unspecified atom stereocenters. The molecule has 3 aromatic rings. The van der Waals surface area contributed by atoms with Crippen LogP contribution in [0.4, 0.5) is 0 Å². The van der Waals surface area contributed by atoms with Crippen LogP contribution < -0.4 is 5.32 Å². The van der Waals surface area contributed by atoms with E-state index in [2.05, 4.69) is 24.1 Å². The van der Waals surface area contributed by atoms with Gasteiger partial charge in [-0.1, -0.05) is 50.6 Å². The monoisotopic (exact) mass is 449 g/mol. The van der Waals surface area contributed by atoms with Gasteiger partial charge in [-0.25, -0.2) is 4.98 Å². The Kier molecular flexibility index (Phi) is 6.86. The highest BCUT2D eigenvalue weighted by Gasteiger charge is 2.37. The van der Waals surface area contributed by atoms with Gasteiger partial charge in [-0.15, -0.1) is 0 Å². The summed E-state index contributed by atoms with van der Waals surface area (Å²) in [5.74, 6) is -0.0161. The SMILES string of the molecule is C[C@@H]1CC[C@](C)(CNC(=O)c2ccc3c(c2)ncn3C)C[C@H](c2ccccc2)[C@@H](O)[C@@H](O)C1. The summed E-state index contributed by atoms with van der Waals surface area (Å²) in [5, 5.41) is 24.9. The predicted octanol–water partition coefficient (Wildman–Crippen LogP) is 4.03. The molecular formula is C27H35N3O3. The zero-order valence-corrected chi connectivity index (χ0v) is 19.7. The van der Waals surface area contributed by atoms with Crippen LogP contribution in [-0.2, 0) is 7.05 Å². The quantitative estimate of drug-likeness (QED) is 0.561. The number of benzene rings is 2. The topological polar surface area (TPSA) is 87.4 Å². The maximum Gasteiger partial charge on any atom is 0.251 e. The number of hydrogen-bond acceptors (Lipinski definition) is 4. The van der Waals surface area contributed by atoms with E-state index in [-0.39, 0.29) is 17.2 Å². The zero-order valence-electron chi connectivity index (χ0n) is 19.7. The minimum absolute atomic E-state index is 0.117. The Labute approximate surface area is 195 Å². The van der Waals surface area contributed by atoms with Crippen molar-refractivity contribution in [2.75, 3.05) is 6.54 Å². The van der Waals surface area contributed by atoms with E-state index in [0.717, 1.165) is 29.4 Å². The van der Waals surface area contributed by atoms with Gasteiger partial charge >= 0.3 is 0 Å². The Bertz CT molecular complexity index is 1100. The van der Waals surface area contributed by atoms with Gasteiger partial charge in [-0.2, -0.15) is 0 Å². The third-order valence-corrected chi connectivity index (χ3v) is 7.29. The van der Waals surface area contributed by atoms with Gasteiger partial charge in [0.1, 0.15) is 0 Å². The Balaban J connectivity index is 1.54. The van der Waals surface area contributed by atoms with Crippen molar-refractivity contribution in [3.8, 4) is 0 Å². The van der Waals surface area contributed by atoms with Crippen LogP contribution in [0.15, 0.2) is 54.9 Å². The first-order valence-corrected chi connectivity index (χ1v) is 11.9. The lowest BCUT2D eigenvalue weighted by molar-refractivity contribution is -0.0129. The average molecular weight is 450 g/mol. The van der Waals surface area contributed by atoms with Crippen molar-refractivity contribution in [3.63, 3.8) is 0 Å². The molecule has 0 bridgehead atoms. The van der Waals surface area contributed by atoms with Crippen LogP contribution in [-0.4, -0.2) is 44.4 Å². The molecule has 0 aliphatic heterocycles. The molecule has 1 saturated carbocycles. The molecule has 2 aromatic carbocycles. The van der Waals surface area contributed by atoms with Crippen LogP contribution in [0.5, 0.6) is 0 Å². The number of nitrogens with zero attached hydrogens (tertiary/aromatic N) is 2. The first-order valence-electron chi connectivity index (χ1n) is 11.9. The number of amides is 1. The van der Waals surface area contributed by atoms with E-state index in [1.54, 1.807) is 6.33 Å². The highest BCUT2D eigenvalue weighted by molar-refractivity contribution is 5.97. The van der Waals surface area contributed by atoms with Crippen LogP contribution in [0.1, 0.15) is 61.4 Å². The number of rotatable bonds is 4. The van der Waals surface area contributed by atoms with Crippen molar-refractivity contribution in [1.82, 2.24) is 14.9 Å². The number of aromatic nitrogens is 2. The van der Waals surface area contributed by atoms with Gasteiger partial charge in [0.15, 0.2) is 0 Å². The Morgan fingerprint density at radius 1 is 1.21 bits per heavy atom. The van der Waals surface area contributed by atoms with Crippen molar-refractivity contribution in [3.05, 3.63) is 66.0 Å². The van der Waals surface area contributed by atoms with Gasteiger partial charge in [0.05, 0.1) is 29.6 Å². The molecule has 1 aromatic heterocycles. The summed E-state index contributed by atoms with van der Waals surface area (Å²) in [5.41, 5.74) is 3.19. The second-order valence-corrected chi connectivity index (χ2v) is 10.2. The second-order valence-electron chi connectivity index (χ2n) is 10.2. The van der Waals surface area contributed by atoms with E-state index in [1.807, 2.05) is 60.1 Å². The predicted molar refractivity (Wildman–Crippen MR) is 130 cm³/mol. The van der Waals surface area contributed by atoms with Crippen LogP contribution in [0.3, 0.4) is 0 Å². The van der Waals surface area contributed by atoms with Gasteiger partial charge in [0.25, 0.3) is 5.91 Å². The highest BCUT2D eigenvalue weighted by atomic mass is 16.3. The number of carbonyl (C=O) groups excluding carboxylic acids is 1. The van der Waals surface area contributed by atoms with Crippen molar-refractivity contribution in [2.45, 2.75) is 57.7 Å². The number of nitrogens with one attached hydrogen (secondary N) is 1. The number of aliphatic hydroxyl groups is 2. The molecule has 0 saturated heterocycles. The minimum atomic E-state index is -0.838. The number of aryl methyl sites for hydroxylation is 1. The van der Waals surface area contributed by atoms with E-state index < -0.39 is 12.2 Å². The van der Waals surface area contributed by atoms with Crippen molar-refractivity contribution in [1.29, 1.82) is 0 Å².